The van der Waals surface area contributed by atoms with Gasteiger partial charge in [0, 0.05) is 13.0 Å². The van der Waals surface area contributed by atoms with Crippen molar-refractivity contribution in [1.82, 2.24) is 5.32 Å². The van der Waals surface area contributed by atoms with Gasteiger partial charge in [0.25, 0.3) is 0 Å². The first kappa shape index (κ1) is 10.5. The summed E-state index contributed by atoms with van der Waals surface area (Å²) in [6, 6.07) is 0. The lowest BCUT2D eigenvalue weighted by Gasteiger charge is -2.11. The number of rotatable bonds is 5. The van der Waals surface area contributed by atoms with Crippen LogP contribution in [0.5, 0.6) is 0 Å². The van der Waals surface area contributed by atoms with E-state index in [1.54, 1.807) is 7.05 Å². The Labute approximate surface area is 69.4 Å². The van der Waals surface area contributed by atoms with E-state index >= 15 is 0 Å². The molecule has 1 N–H and O–H groups in total. The Morgan fingerprint density at radius 2 is 2.27 bits per heavy atom. The second kappa shape index (κ2) is 6.20. The Bertz CT molecular complexity index is 112. The van der Waals surface area contributed by atoms with Crippen LogP contribution in [-0.2, 0) is 4.79 Å². The van der Waals surface area contributed by atoms with Gasteiger partial charge in [-0.1, -0.05) is 26.7 Å². The summed E-state index contributed by atoms with van der Waals surface area (Å²) in [5.74, 6) is 0.364. The van der Waals surface area contributed by atoms with Crippen molar-refractivity contribution in [1.29, 1.82) is 0 Å². The molecule has 1 radical (unpaired) electrons. The van der Waals surface area contributed by atoms with Crippen LogP contribution >= 0.6 is 0 Å². The third-order valence-electron chi connectivity index (χ3n) is 1.91. The van der Waals surface area contributed by atoms with Crippen LogP contribution in [0.25, 0.3) is 0 Å². The van der Waals surface area contributed by atoms with Crippen molar-refractivity contribution in [2.75, 3.05) is 7.05 Å². The number of hydrogen-bond acceptors (Lipinski definition) is 1. The zero-order valence-electron chi connectivity index (χ0n) is 7.52. The molecule has 1 amide bonds. The molecule has 65 valence electrons. The van der Waals surface area contributed by atoms with Gasteiger partial charge in [-0.25, -0.2) is 0 Å². The molecule has 0 aromatic carbocycles. The highest BCUT2D eigenvalue weighted by Crippen LogP contribution is 2.11. The molecule has 0 aliphatic rings. The molecule has 2 nitrogen and oxygen atoms in total. The largest absolute Gasteiger partial charge is 0.359 e. The summed E-state index contributed by atoms with van der Waals surface area (Å²) in [4.78, 5) is 11.1. The molecule has 0 spiro atoms. The Kier molecular flexibility index (Phi) is 5.90. The maximum Gasteiger partial charge on any atom is 0.222 e. The van der Waals surface area contributed by atoms with E-state index in [1.807, 2.05) is 6.92 Å². The molecule has 0 rings (SSSR count). The van der Waals surface area contributed by atoms with E-state index in [0.717, 1.165) is 25.7 Å². The van der Waals surface area contributed by atoms with Gasteiger partial charge in [0.2, 0.25) is 5.91 Å². The molecule has 0 saturated carbocycles. The van der Waals surface area contributed by atoms with Crippen LogP contribution in [0.15, 0.2) is 0 Å². The summed E-state index contributed by atoms with van der Waals surface area (Å²) >= 11 is 0. The Hall–Kier alpha value is -0.530. The lowest BCUT2D eigenvalue weighted by Crippen LogP contribution is -2.26. The standard InChI is InChI=1S/C9H18NO/c1-4-6-7-8(5-2)9(11)10-3/h8H,1,4-7H2,2-3H3,(H,10,11). The van der Waals surface area contributed by atoms with Gasteiger partial charge >= 0.3 is 0 Å². The minimum atomic E-state index is 0.168. The molecular formula is C9H18NO. The first-order valence-corrected chi connectivity index (χ1v) is 4.27. The number of nitrogens with one attached hydrogen (secondary N) is 1. The van der Waals surface area contributed by atoms with Crippen molar-refractivity contribution in [3.63, 3.8) is 0 Å². The molecule has 2 heteroatoms. The van der Waals surface area contributed by atoms with Crippen LogP contribution in [-0.4, -0.2) is 13.0 Å². The third kappa shape index (κ3) is 4.02. The molecule has 0 aromatic rings. The number of carbonyl (C=O) groups excluding carboxylic acids is 1. The minimum absolute atomic E-state index is 0.168. The molecule has 1 unspecified atom stereocenters. The maximum absolute atomic E-state index is 11.1. The van der Waals surface area contributed by atoms with Crippen LogP contribution in [0.4, 0.5) is 0 Å². The lowest BCUT2D eigenvalue weighted by molar-refractivity contribution is -0.124. The SMILES string of the molecule is [CH2]CCCC(CC)C(=O)NC. The second-order valence-corrected chi connectivity index (χ2v) is 2.72. The van der Waals surface area contributed by atoms with Gasteiger partial charge in [-0.2, -0.15) is 0 Å². The predicted molar refractivity (Wildman–Crippen MR) is 47.1 cm³/mol. The van der Waals surface area contributed by atoms with Crippen molar-refractivity contribution >= 4 is 5.91 Å². The number of carbonyl (C=O) groups is 1. The second-order valence-electron chi connectivity index (χ2n) is 2.72. The van der Waals surface area contributed by atoms with Gasteiger partial charge in [0.1, 0.15) is 0 Å². The van der Waals surface area contributed by atoms with E-state index in [1.165, 1.54) is 0 Å². The van der Waals surface area contributed by atoms with Crippen LogP contribution in [0, 0.1) is 12.8 Å². The van der Waals surface area contributed by atoms with Gasteiger partial charge in [0.05, 0.1) is 0 Å². The average Bonchev–Trinajstić information content (AvgIpc) is 2.05. The molecule has 0 heterocycles. The normalized spacial score (nSPS) is 12.6. The summed E-state index contributed by atoms with van der Waals surface area (Å²) in [6.45, 7) is 5.79. The molecule has 0 fully saturated rings. The quantitative estimate of drug-likeness (QED) is 0.645. The van der Waals surface area contributed by atoms with E-state index in [0.29, 0.717) is 0 Å². The van der Waals surface area contributed by atoms with Crippen molar-refractivity contribution in [3.8, 4) is 0 Å². The number of hydrogen-bond donors (Lipinski definition) is 1. The Balaban J connectivity index is 3.65. The first-order valence-electron chi connectivity index (χ1n) is 4.27. The van der Waals surface area contributed by atoms with Gasteiger partial charge in [0.15, 0.2) is 0 Å². The molecule has 0 aromatic heterocycles. The maximum atomic E-state index is 11.1. The molecule has 0 aliphatic heterocycles. The first-order chi connectivity index (χ1) is 5.26. The highest BCUT2D eigenvalue weighted by Gasteiger charge is 2.12. The molecule has 0 aliphatic carbocycles. The zero-order valence-corrected chi connectivity index (χ0v) is 7.52. The van der Waals surface area contributed by atoms with E-state index in [9.17, 15) is 4.79 Å². The summed E-state index contributed by atoms with van der Waals surface area (Å²) in [5, 5.41) is 2.67. The third-order valence-corrected chi connectivity index (χ3v) is 1.91. The summed E-state index contributed by atoms with van der Waals surface area (Å²) in [5.41, 5.74) is 0. The van der Waals surface area contributed by atoms with Crippen molar-refractivity contribution in [2.45, 2.75) is 32.6 Å². The summed E-state index contributed by atoms with van der Waals surface area (Å²) < 4.78 is 0. The smallest absolute Gasteiger partial charge is 0.222 e. The van der Waals surface area contributed by atoms with Crippen LogP contribution in [0.2, 0.25) is 0 Å². The van der Waals surface area contributed by atoms with E-state index in [2.05, 4.69) is 12.2 Å². The number of amides is 1. The Morgan fingerprint density at radius 3 is 2.64 bits per heavy atom. The fraction of sp³-hybridized carbons (Fsp3) is 0.778. The van der Waals surface area contributed by atoms with Crippen LogP contribution in [0.1, 0.15) is 32.6 Å². The van der Waals surface area contributed by atoms with Gasteiger partial charge < -0.3 is 5.32 Å². The molecule has 0 bridgehead atoms. The fourth-order valence-electron chi connectivity index (χ4n) is 1.12. The topological polar surface area (TPSA) is 29.1 Å². The lowest BCUT2D eigenvalue weighted by atomic mass is 9.99. The summed E-state index contributed by atoms with van der Waals surface area (Å²) in [7, 11) is 1.69. The summed E-state index contributed by atoms with van der Waals surface area (Å²) in [6.07, 6.45) is 3.87. The highest BCUT2D eigenvalue weighted by atomic mass is 16.1. The Morgan fingerprint density at radius 1 is 1.64 bits per heavy atom. The highest BCUT2D eigenvalue weighted by molar-refractivity contribution is 5.78. The van der Waals surface area contributed by atoms with Gasteiger partial charge in [-0.3, -0.25) is 4.79 Å². The van der Waals surface area contributed by atoms with Crippen LogP contribution in [0.3, 0.4) is 0 Å². The van der Waals surface area contributed by atoms with E-state index in [-0.39, 0.29) is 11.8 Å². The molecular weight excluding hydrogens is 138 g/mol. The van der Waals surface area contributed by atoms with Crippen LogP contribution < -0.4 is 5.32 Å². The van der Waals surface area contributed by atoms with Crippen molar-refractivity contribution in [3.05, 3.63) is 6.92 Å². The van der Waals surface area contributed by atoms with Gasteiger partial charge in [-0.15, -0.1) is 0 Å². The molecule has 11 heavy (non-hydrogen) atoms. The van der Waals surface area contributed by atoms with E-state index in [4.69, 9.17) is 0 Å². The van der Waals surface area contributed by atoms with Gasteiger partial charge in [-0.05, 0) is 12.8 Å². The average molecular weight is 156 g/mol. The zero-order chi connectivity index (χ0) is 8.69. The van der Waals surface area contributed by atoms with E-state index < -0.39 is 0 Å². The van der Waals surface area contributed by atoms with Crippen molar-refractivity contribution < 1.29 is 4.79 Å². The van der Waals surface area contributed by atoms with Crippen molar-refractivity contribution in [2.24, 2.45) is 5.92 Å². The predicted octanol–water partition coefficient (Wildman–Crippen LogP) is 1.76. The molecule has 1 atom stereocenters. The minimum Gasteiger partial charge on any atom is -0.359 e. The fourth-order valence-corrected chi connectivity index (χ4v) is 1.12. The monoisotopic (exact) mass is 156 g/mol. The number of unbranched alkanes of at least 4 members (excludes halogenated alkanes) is 1. The molecule has 0 saturated heterocycles.